The lowest BCUT2D eigenvalue weighted by Gasteiger charge is -2.34. The molecule has 1 saturated heterocycles. The Morgan fingerprint density at radius 1 is 1.21 bits per heavy atom. The third-order valence-electron chi connectivity index (χ3n) is 5.38. The number of hydrogen-bond acceptors (Lipinski definition) is 6. The Labute approximate surface area is 173 Å². The zero-order valence-electron chi connectivity index (χ0n) is 17.8. The number of aliphatic hydroxyl groups is 2. The van der Waals surface area contributed by atoms with Gasteiger partial charge in [0.1, 0.15) is 5.60 Å². The zero-order valence-corrected chi connectivity index (χ0v) is 18.6. The molecule has 0 radical (unpaired) electrons. The minimum absolute atomic E-state index is 0.151. The predicted octanol–water partition coefficient (Wildman–Crippen LogP) is 1.95. The van der Waals surface area contributed by atoms with E-state index in [0.717, 1.165) is 25.5 Å². The van der Waals surface area contributed by atoms with E-state index in [4.69, 9.17) is 9.84 Å². The zero-order chi connectivity index (χ0) is 21.8. The molecule has 0 saturated carbocycles. The van der Waals surface area contributed by atoms with Crippen molar-refractivity contribution in [2.45, 2.75) is 75.8 Å². The van der Waals surface area contributed by atoms with Crippen LogP contribution >= 0.6 is 0 Å². The molecule has 2 aliphatic rings. The van der Waals surface area contributed by atoms with Crippen LogP contribution in [-0.2, 0) is 32.4 Å². The number of sulfonamides is 1. The molecule has 2 N–H and O–H groups in total. The van der Waals surface area contributed by atoms with Crippen molar-refractivity contribution in [2.75, 3.05) is 20.3 Å². The summed E-state index contributed by atoms with van der Waals surface area (Å²) in [5.74, 6) is -0.311. The van der Waals surface area contributed by atoms with Crippen molar-refractivity contribution in [3.8, 4) is 0 Å². The monoisotopic (exact) mass is 427 g/mol. The van der Waals surface area contributed by atoms with E-state index < -0.39 is 15.6 Å². The first-order valence-electron chi connectivity index (χ1n) is 10.1. The Kier molecular flexibility index (Phi) is 7.84. The number of aliphatic hydroxyl groups excluding tert-OH is 2. The number of fused-ring (bicyclic) bond motifs is 2. The summed E-state index contributed by atoms with van der Waals surface area (Å²) in [6.45, 7) is 5.80. The van der Waals surface area contributed by atoms with Gasteiger partial charge in [0.2, 0.25) is 10.0 Å². The topological polar surface area (TPSA) is 104 Å². The Balaban J connectivity index is 0.00000145. The average Bonchev–Trinajstić information content (AvgIpc) is 2.70. The van der Waals surface area contributed by atoms with Gasteiger partial charge in [-0.05, 0) is 56.7 Å². The number of hydrogen-bond donors (Lipinski definition) is 2. The van der Waals surface area contributed by atoms with Crippen LogP contribution in [0.5, 0.6) is 0 Å². The van der Waals surface area contributed by atoms with Crippen LogP contribution in [0.3, 0.4) is 0 Å². The van der Waals surface area contributed by atoms with Crippen molar-refractivity contribution in [1.82, 2.24) is 4.31 Å². The molecule has 8 heteroatoms. The van der Waals surface area contributed by atoms with Crippen molar-refractivity contribution in [3.05, 3.63) is 28.8 Å². The van der Waals surface area contributed by atoms with Crippen LogP contribution in [-0.4, -0.2) is 60.8 Å². The molecular weight excluding hydrogens is 394 g/mol. The summed E-state index contributed by atoms with van der Waals surface area (Å²) in [6, 6.07) is 3.41. The molecule has 1 fully saturated rings. The van der Waals surface area contributed by atoms with E-state index >= 15 is 0 Å². The SMILES string of the molecule is CO.Cc1cc2cc(c1S(=O)(=O)N1CCCC[C@H]1CO)CCC(=O)OC(C)(C)C2. The number of carbonyl (C=O) groups excluding carboxylic acids is 1. The molecule has 1 aromatic carbocycles. The summed E-state index contributed by atoms with van der Waals surface area (Å²) in [5, 5.41) is 16.7. The third-order valence-corrected chi connectivity index (χ3v) is 7.58. The van der Waals surface area contributed by atoms with E-state index in [0.29, 0.717) is 41.8 Å². The lowest BCUT2D eigenvalue weighted by molar-refractivity contribution is -0.156. The molecule has 7 nitrogen and oxygen atoms in total. The Hall–Kier alpha value is -1.48. The summed E-state index contributed by atoms with van der Waals surface area (Å²) < 4.78 is 34.0. The number of benzene rings is 1. The molecule has 0 spiro atoms. The molecular formula is C21H33NO6S. The molecule has 2 heterocycles. The van der Waals surface area contributed by atoms with Crippen molar-refractivity contribution in [2.24, 2.45) is 0 Å². The normalized spacial score (nSPS) is 22.4. The first-order valence-corrected chi connectivity index (χ1v) is 11.5. The van der Waals surface area contributed by atoms with Gasteiger partial charge in [-0.25, -0.2) is 8.42 Å². The first kappa shape index (κ1) is 23.8. The van der Waals surface area contributed by atoms with Gasteiger partial charge in [-0.1, -0.05) is 18.6 Å². The van der Waals surface area contributed by atoms with Gasteiger partial charge in [0.15, 0.2) is 0 Å². The van der Waals surface area contributed by atoms with Crippen molar-refractivity contribution >= 4 is 16.0 Å². The number of piperidine rings is 1. The van der Waals surface area contributed by atoms with Gasteiger partial charge in [-0.3, -0.25) is 4.79 Å². The maximum absolute atomic E-state index is 13.5. The van der Waals surface area contributed by atoms with Crippen LogP contribution in [0.25, 0.3) is 0 Å². The van der Waals surface area contributed by atoms with Crippen LogP contribution in [0.2, 0.25) is 0 Å². The van der Waals surface area contributed by atoms with Gasteiger partial charge < -0.3 is 14.9 Å². The van der Waals surface area contributed by atoms with E-state index in [-0.39, 0.29) is 25.0 Å². The molecule has 164 valence electrons. The molecule has 2 aliphatic heterocycles. The van der Waals surface area contributed by atoms with E-state index in [1.807, 2.05) is 32.9 Å². The minimum Gasteiger partial charge on any atom is -0.459 e. The highest BCUT2D eigenvalue weighted by atomic mass is 32.2. The first-order chi connectivity index (χ1) is 13.6. The highest BCUT2D eigenvalue weighted by Crippen LogP contribution is 2.33. The molecule has 0 amide bonds. The van der Waals surface area contributed by atoms with E-state index in [9.17, 15) is 18.3 Å². The van der Waals surface area contributed by atoms with Crippen molar-refractivity contribution < 1.29 is 28.2 Å². The van der Waals surface area contributed by atoms with Gasteiger partial charge in [-0.15, -0.1) is 0 Å². The lowest BCUT2D eigenvalue weighted by atomic mass is 9.95. The molecule has 1 atom stereocenters. The number of ether oxygens (including phenoxy) is 1. The smallest absolute Gasteiger partial charge is 0.306 e. The summed E-state index contributed by atoms with van der Waals surface area (Å²) >= 11 is 0. The fraction of sp³-hybridized carbons (Fsp3) is 0.667. The minimum atomic E-state index is -3.74. The summed E-state index contributed by atoms with van der Waals surface area (Å²) in [7, 11) is -2.74. The lowest BCUT2D eigenvalue weighted by Crippen LogP contribution is -2.46. The highest BCUT2D eigenvalue weighted by Gasteiger charge is 2.36. The van der Waals surface area contributed by atoms with Crippen LogP contribution in [0.15, 0.2) is 17.0 Å². The molecule has 1 aromatic rings. The van der Waals surface area contributed by atoms with Gasteiger partial charge in [0.05, 0.1) is 11.5 Å². The molecule has 0 aromatic heterocycles. The molecule has 2 bridgehead atoms. The van der Waals surface area contributed by atoms with Crippen LogP contribution in [0, 0.1) is 6.92 Å². The van der Waals surface area contributed by atoms with Crippen LogP contribution < -0.4 is 0 Å². The summed E-state index contributed by atoms with van der Waals surface area (Å²) in [5.41, 5.74) is 1.70. The number of rotatable bonds is 3. The number of esters is 1. The second kappa shape index (κ2) is 9.55. The Morgan fingerprint density at radius 3 is 2.55 bits per heavy atom. The number of carbonyl (C=O) groups is 1. The predicted molar refractivity (Wildman–Crippen MR) is 110 cm³/mol. The number of cyclic esters (lactones) is 1. The molecule has 3 rings (SSSR count). The fourth-order valence-electron chi connectivity index (χ4n) is 4.30. The molecule has 0 aliphatic carbocycles. The largest absolute Gasteiger partial charge is 0.459 e. The van der Waals surface area contributed by atoms with Crippen molar-refractivity contribution in [3.63, 3.8) is 0 Å². The van der Waals surface area contributed by atoms with Gasteiger partial charge in [0.25, 0.3) is 0 Å². The second-order valence-electron chi connectivity index (χ2n) is 8.26. The van der Waals surface area contributed by atoms with Crippen molar-refractivity contribution in [1.29, 1.82) is 0 Å². The highest BCUT2D eigenvalue weighted by molar-refractivity contribution is 7.89. The second-order valence-corrected chi connectivity index (χ2v) is 10.1. The van der Waals surface area contributed by atoms with Crippen LogP contribution in [0.4, 0.5) is 0 Å². The Morgan fingerprint density at radius 2 is 1.90 bits per heavy atom. The maximum atomic E-state index is 13.5. The Bertz CT molecular complexity index is 834. The average molecular weight is 428 g/mol. The van der Waals surface area contributed by atoms with Crippen LogP contribution in [0.1, 0.15) is 56.2 Å². The fourth-order valence-corrected chi connectivity index (χ4v) is 6.43. The number of aryl methyl sites for hydroxylation is 2. The quantitative estimate of drug-likeness (QED) is 0.715. The van der Waals surface area contributed by atoms with Gasteiger partial charge in [0, 0.05) is 32.5 Å². The summed E-state index contributed by atoms with van der Waals surface area (Å²) in [4.78, 5) is 12.4. The van der Waals surface area contributed by atoms with E-state index in [1.54, 1.807) is 0 Å². The summed E-state index contributed by atoms with van der Waals surface area (Å²) in [6.07, 6.45) is 3.40. The standard InChI is InChI=1S/C20H29NO5S.CH4O/c1-14-10-15-11-16(7-8-18(23)26-20(2,3)12-15)19(14)27(24,25)21-9-5-4-6-17(21)13-22;1-2/h10-11,17,22H,4-9,12-13H2,1-3H3;2H,1H3/t17-;/m0./s1. The third kappa shape index (κ3) is 5.36. The number of nitrogens with zero attached hydrogens (tertiary/aromatic N) is 1. The van der Waals surface area contributed by atoms with E-state index in [1.165, 1.54) is 4.31 Å². The molecule has 0 unspecified atom stereocenters. The maximum Gasteiger partial charge on any atom is 0.306 e. The molecule has 29 heavy (non-hydrogen) atoms. The van der Waals surface area contributed by atoms with Gasteiger partial charge >= 0.3 is 5.97 Å². The van der Waals surface area contributed by atoms with E-state index in [2.05, 4.69) is 0 Å². The van der Waals surface area contributed by atoms with Gasteiger partial charge in [-0.2, -0.15) is 4.31 Å².